The van der Waals surface area contributed by atoms with Gasteiger partial charge >= 0.3 is 0 Å². The molecule has 0 unspecified atom stereocenters. The SMILES string of the molecule is C[C@@H](C(=O)NC(C)(C)C)[S@@](=O)Cc1cccc(Cl)c1. The van der Waals surface area contributed by atoms with Crippen molar-refractivity contribution in [3.8, 4) is 0 Å². The molecule has 0 aliphatic rings. The third-order valence-electron chi connectivity index (χ3n) is 2.46. The minimum atomic E-state index is -1.26. The standard InChI is InChI=1S/C14H20ClNO2S/c1-10(13(17)16-14(2,3)4)19(18)9-11-6-5-7-12(15)8-11/h5-8,10H,9H2,1-4H3,(H,16,17)/t10-,19-/m0/s1. The van der Waals surface area contributed by atoms with Crippen molar-refractivity contribution in [3.05, 3.63) is 34.9 Å². The Bertz CT molecular complexity index is 483. The van der Waals surface area contributed by atoms with Crippen LogP contribution in [0.5, 0.6) is 0 Å². The van der Waals surface area contributed by atoms with Crippen molar-refractivity contribution in [2.75, 3.05) is 0 Å². The van der Waals surface area contributed by atoms with Gasteiger partial charge in [0.05, 0.1) is 0 Å². The molecule has 0 radical (unpaired) electrons. The van der Waals surface area contributed by atoms with E-state index < -0.39 is 16.0 Å². The molecule has 0 heterocycles. The normalized spacial score (nSPS) is 14.8. The third kappa shape index (κ3) is 5.74. The largest absolute Gasteiger partial charge is 0.350 e. The van der Waals surface area contributed by atoms with Crippen molar-refractivity contribution in [1.82, 2.24) is 5.32 Å². The lowest BCUT2D eigenvalue weighted by molar-refractivity contribution is -0.121. The van der Waals surface area contributed by atoms with Crippen LogP contribution in [0.3, 0.4) is 0 Å². The molecule has 0 spiro atoms. The van der Waals surface area contributed by atoms with Crippen molar-refractivity contribution < 1.29 is 9.00 Å². The fourth-order valence-electron chi connectivity index (χ4n) is 1.51. The molecule has 0 fully saturated rings. The fourth-order valence-corrected chi connectivity index (χ4v) is 2.78. The Labute approximate surface area is 122 Å². The molecule has 0 saturated heterocycles. The average molecular weight is 302 g/mol. The van der Waals surface area contributed by atoms with Crippen molar-refractivity contribution in [2.45, 2.75) is 44.2 Å². The zero-order valence-corrected chi connectivity index (χ0v) is 13.3. The highest BCUT2D eigenvalue weighted by molar-refractivity contribution is 7.85. The van der Waals surface area contributed by atoms with Crippen molar-refractivity contribution in [2.24, 2.45) is 0 Å². The van der Waals surface area contributed by atoms with Gasteiger partial charge in [-0.15, -0.1) is 0 Å². The van der Waals surface area contributed by atoms with E-state index in [9.17, 15) is 9.00 Å². The number of hydrogen-bond donors (Lipinski definition) is 1. The molecule has 0 aromatic heterocycles. The Morgan fingerprint density at radius 2 is 2.05 bits per heavy atom. The predicted octanol–water partition coefficient (Wildman–Crippen LogP) is 2.89. The summed E-state index contributed by atoms with van der Waals surface area (Å²) < 4.78 is 12.2. The predicted molar refractivity (Wildman–Crippen MR) is 80.7 cm³/mol. The van der Waals surface area contributed by atoms with E-state index in [2.05, 4.69) is 5.32 Å². The summed E-state index contributed by atoms with van der Waals surface area (Å²) in [7, 11) is -1.26. The van der Waals surface area contributed by atoms with Crippen LogP contribution in [0.25, 0.3) is 0 Å². The summed E-state index contributed by atoms with van der Waals surface area (Å²) in [6, 6.07) is 7.21. The van der Waals surface area contributed by atoms with Gasteiger partial charge in [-0.2, -0.15) is 0 Å². The van der Waals surface area contributed by atoms with Crippen LogP contribution in [0.1, 0.15) is 33.3 Å². The van der Waals surface area contributed by atoms with Crippen LogP contribution in [0.2, 0.25) is 5.02 Å². The van der Waals surface area contributed by atoms with E-state index in [4.69, 9.17) is 11.6 Å². The zero-order chi connectivity index (χ0) is 14.6. The Kier molecular flexibility index (Phi) is 5.56. The topological polar surface area (TPSA) is 46.2 Å². The van der Waals surface area contributed by atoms with Crippen LogP contribution in [-0.4, -0.2) is 20.9 Å². The zero-order valence-electron chi connectivity index (χ0n) is 11.7. The lowest BCUT2D eigenvalue weighted by atomic mass is 10.1. The van der Waals surface area contributed by atoms with Gasteiger partial charge in [0, 0.05) is 27.1 Å². The van der Waals surface area contributed by atoms with Gasteiger partial charge in [-0.1, -0.05) is 23.7 Å². The number of rotatable bonds is 4. The summed E-state index contributed by atoms with van der Waals surface area (Å²) in [5, 5.41) is 2.91. The molecule has 19 heavy (non-hydrogen) atoms. The Morgan fingerprint density at radius 1 is 1.42 bits per heavy atom. The lowest BCUT2D eigenvalue weighted by Gasteiger charge is -2.23. The summed E-state index contributed by atoms with van der Waals surface area (Å²) in [4.78, 5) is 11.9. The number of carbonyl (C=O) groups is 1. The molecule has 1 aromatic rings. The maximum atomic E-state index is 12.2. The number of benzene rings is 1. The first-order valence-corrected chi connectivity index (χ1v) is 7.89. The van der Waals surface area contributed by atoms with Gasteiger partial charge in [-0.05, 0) is 45.4 Å². The van der Waals surface area contributed by atoms with Crippen LogP contribution in [0.4, 0.5) is 0 Å². The van der Waals surface area contributed by atoms with E-state index in [1.54, 1.807) is 19.1 Å². The van der Waals surface area contributed by atoms with Crippen LogP contribution < -0.4 is 5.32 Å². The smallest absolute Gasteiger partial charge is 0.235 e. The van der Waals surface area contributed by atoms with E-state index in [1.807, 2.05) is 32.9 Å². The third-order valence-corrected chi connectivity index (χ3v) is 4.32. The van der Waals surface area contributed by atoms with E-state index in [0.29, 0.717) is 10.8 Å². The van der Waals surface area contributed by atoms with Crippen molar-refractivity contribution in [1.29, 1.82) is 0 Å². The van der Waals surface area contributed by atoms with Gasteiger partial charge in [0.25, 0.3) is 0 Å². The molecule has 1 N–H and O–H groups in total. The second-order valence-corrected chi connectivity index (χ2v) is 7.73. The summed E-state index contributed by atoms with van der Waals surface area (Å²) in [6.07, 6.45) is 0. The maximum absolute atomic E-state index is 12.2. The molecule has 106 valence electrons. The Hall–Kier alpha value is -0.870. The van der Waals surface area contributed by atoms with E-state index in [1.165, 1.54) is 0 Å². The van der Waals surface area contributed by atoms with Crippen molar-refractivity contribution >= 4 is 28.3 Å². The van der Waals surface area contributed by atoms with Crippen molar-refractivity contribution in [3.63, 3.8) is 0 Å². The lowest BCUT2D eigenvalue weighted by Crippen LogP contribution is -2.46. The highest BCUT2D eigenvalue weighted by atomic mass is 35.5. The fraction of sp³-hybridized carbons (Fsp3) is 0.500. The molecule has 1 aromatic carbocycles. The second-order valence-electron chi connectivity index (χ2n) is 5.54. The number of amides is 1. The van der Waals surface area contributed by atoms with Gasteiger partial charge in [0.1, 0.15) is 5.25 Å². The molecule has 5 heteroatoms. The Morgan fingerprint density at radius 3 is 2.58 bits per heavy atom. The molecule has 2 atom stereocenters. The Balaban J connectivity index is 2.65. The van der Waals surface area contributed by atoms with Crippen LogP contribution in [0, 0.1) is 0 Å². The molecule has 0 saturated carbocycles. The molecular formula is C14H20ClNO2S. The average Bonchev–Trinajstić information content (AvgIpc) is 2.25. The monoisotopic (exact) mass is 301 g/mol. The number of hydrogen-bond acceptors (Lipinski definition) is 2. The quantitative estimate of drug-likeness (QED) is 0.929. The first-order valence-electron chi connectivity index (χ1n) is 6.13. The summed E-state index contributed by atoms with van der Waals surface area (Å²) >= 11 is 5.88. The van der Waals surface area contributed by atoms with Gasteiger partial charge in [-0.3, -0.25) is 9.00 Å². The first kappa shape index (κ1) is 16.2. The molecule has 1 rings (SSSR count). The van der Waals surface area contributed by atoms with E-state index >= 15 is 0 Å². The number of halogens is 1. The molecule has 3 nitrogen and oxygen atoms in total. The van der Waals surface area contributed by atoms with Gasteiger partial charge in [0.2, 0.25) is 5.91 Å². The second kappa shape index (κ2) is 6.53. The number of carbonyl (C=O) groups excluding carboxylic acids is 1. The molecule has 1 amide bonds. The van der Waals surface area contributed by atoms with Crippen LogP contribution in [0.15, 0.2) is 24.3 Å². The minimum Gasteiger partial charge on any atom is -0.350 e. The highest BCUT2D eigenvalue weighted by Gasteiger charge is 2.23. The maximum Gasteiger partial charge on any atom is 0.235 e. The highest BCUT2D eigenvalue weighted by Crippen LogP contribution is 2.14. The molecule has 0 aliphatic carbocycles. The molecule has 0 aliphatic heterocycles. The summed E-state index contributed by atoms with van der Waals surface area (Å²) in [6.45, 7) is 7.38. The van der Waals surface area contributed by atoms with Gasteiger partial charge < -0.3 is 5.32 Å². The first-order chi connectivity index (χ1) is 8.69. The van der Waals surface area contributed by atoms with E-state index in [0.717, 1.165) is 5.56 Å². The van der Waals surface area contributed by atoms with Gasteiger partial charge in [0.15, 0.2) is 0 Å². The molecule has 0 bridgehead atoms. The van der Waals surface area contributed by atoms with E-state index in [-0.39, 0.29) is 11.4 Å². The number of nitrogens with one attached hydrogen (secondary N) is 1. The minimum absolute atomic E-state index is 0.187. The summed E-state index contributed by atoms with van der Waals surface area (Å²) in [5.74, 6) is 0.145. The van der Waals surface area contributed by atoms with Crippen LogP contribution >= 0.6 is 11.6 Å². The van der Waals surface area contributed by atoms with Crippen LogP contribution in [-0.2, 0) is 21.3 Å². The van der Waals surface area contributed by atoms with Gasteiger partial charge in [-0.25, -0.2) is 0 Å². The molecular weight excluding hydrogens is 282 g/mol. The summed E-state index contributed by atoms with van der Waals surface area (Å²) in [5.41, 5.74) is 0.562.